The molecule has 1 spiro atoms. The average molecular weight is 408 g/mol. The van der Waals surface area contributed by atoms with Crippen LogP contribution in [-0.4, -0.2) is 59.6 Å². The Morgan fingerprint density at radius 1 is 1.13 bits per heavy atom. The SMILES string of the molecule is N#Cc1cccc(C(=O)N2CCC(N3CC(OCC4CC4)C34CCCCC4)CC2)c1. The van der Waals surface area contributed by atoms with Crippen LogP contribution in [0.3, 0.4) is 0 Å². The smallest absolute Gasteiger partial charge is 0.253 e. The van der Waals surface area contributed by atoms with Gasteiger partial charge >= 0.3 is 0 Å². The second-order valence-corrected chi connectivity index (χ2v) is 9.80. The minimum Gasteiger partial charge on any atom is -0.375 e. The lowest BCUT2D eigenvalue weighted by atomic mass is 9.69. The summed E-state index contributed by atoms with van der Waals surface area (Å²) >= 11 is 0. The Morgan fingerprint density at radius 3 is 2.60 bits per heavy atom. The molecule has 4 aliphatic rings. The Hall–Kier alpha value is -1.90. The molecule has 1 amide bonds. The van der Waals surface area contributed by atoms with E-state index >= 15 is 0 Å². The predicted molar refractivity (Wildman–Crippen MR) is 115 cm³/mol. The number of carbonyl (C=O) groups is 1. The van der Waals surface area contributed by atoms with Crippen LogP contribution in [0, 0.1) is 17.2 Å². The van der Waals surface area contributed by atoms with Gasteiger partial charge in [0.1, 0.15) is 0 Å². The second-order valence-electron chi connectivity index (χ2n) is 9.80. The van der Waals surface area contributed by atoms with Crippen molar-refractivity contribution in [2.75, 3.05) is 26.2 Å². The van der Waals surface area contributed by atoms with Crippen LogP contribution in [0.1, 0.15) is 73.7 Å². The lowest BCUT2D eigenvalue weighted by Crippen LogP contribution is -2.75. The topological polar surface area (TPSA) is 56.6 Å². The van der Waals surface area contributed by atoms with Crippen molar-refractivity contribution in [1.29, 1.82) is 5.26 Å². The highest BCUT2D eigenvalue weighted by molar-refractivity contribution is 5.94. The van der Waals surface area contributed by atoms with Crippen LogP contribution in [0.5, 0.6) is 0 Å². The first-order valence-corrected chi connectivity index (χ1v) is 11.9. The summed E-state index contributed by atoms with van der Waals surface area (Å²) in [6.07, 6.45) is 11.8. The fourth-order valence-corrected chi connectivity index (χ4v) is 5.92. The van der Waals surface area contributed by atoms with Crippen LogP contribution < -0.4 is 0 Å². The Balaban J connectivity index is 1.20. The number of benzene rings is 1. The number of hydrogen-bond acceptors (Lipinski definition) is 4. The number of rotatable bonds is 5. The molecule has 0 bridgehead atoms. The molecule has 0 radical (unpaired) electrons. The van der Waals surface area contributed by atoms with Gasteiger partial charge in [-0.05, 0) is 62.6 Å². The zero-order valence-corrected chi connectivity index (χ0v) is 17.9. The standard InChI is InChI=1S/C25H33N3O2/c26-16-20-5-4-6-21(15-20)24(29)27-13-9-22(10-14-27)28-17-23(30-18-19-7-8-19)25(28)11-2-1-3-12-25/h4-6,15,19,22-23H,1-3,7-14,17-18H2. The molecule has 1 aromatic carbocycles. The predicted octanol–water partition coefficient (Wildman–Crippen LogP) is 3.98. The minimum atomic E-state index is 0.0622. The summed E-state index contributed by atoms with van der Waals surface area (Å²) in [5.74, 6) is 0.889. The van der Waals surface area contributed by atoms with Crippen molar-refractivity contribution in [3.63, 3.8) is 0 Å². The summed E-state index contributed by atoms with van der Waals surface area (Å²) in [4.78, 5) is 17.7. The molecule has 1 atom stereocenters. The van der Waals surface area contributed by atoms with Gasteiger partial charge in [0.15, 0.2) is 0 Å². The lowest BCUT2D eigenvalue weighted by molar-refractivity contribution is -0.202. The number of piperidine rings is 1. The Kier molecular flexibility index (Phi) is 5.56. The maximum atomic E-state index is 12.9. The van der Waals surface area contributed by atoms with E-state index in [1.165, 1.54) is 44.9 Å². The fraction of sp³-hybridized carbons (Fsp3) is 0.680. The highest BCUT2D eigenvalue weighted by atomic mass is 16.5. The number of carbonyl (C=O) groups excluding carboxylic acids is 1. The van der Waals surface area contributed by atoms with Gasteiger partial charge in [-0.1, -0.05) is 25.3 Å². The van der Waals surface area contributed by atoms with Crippen molar-refractivity contribution < 1.29 is 9.53 Å². The van der Waals surface area contributed by atoms with E-state index in [2.05, 4.69) is 11.0 Å². The van der Waals surface area contributed by atoms with Crippen LogP contribution >= 0.6 is 0 Å². The lowest BCUT2D eigenvalue weighted by Gasteiger charge is -2.63. The van der Waals surface area contributed by atoms with Gasteiger partial charge in [-0.3, -0.25) is 9.69 Å². The van der Waals surface area contributed by atoms with Gasteiger partial charge in [0.05, 0.1) is 17.7 Å². The largest absolute Gasteiger partial charge is 0.375 e. The van der Waals surface area contributed by atoms with Gasteiger partial charge in [-0.25, -0.2) is 0 Å². The van der Waals surface area contributed by atoms with Crippen molar-refractivity contribution in [2.24, 2.45) is 5.92 Å². The monoisotopic (exact) mass is 407 g/mol. The molecule has 5 rings (SSSR count). The van der Waals surface area contributed by atoms with Crippen LogP contribution in [0.25, 0.3) is 0 Å². The number of nitrogens with zero attached hydrogens (tertiary/aromatic N) is 3. The molecular weight excluding hydrogens is 374 g/mol. The van der Waals surface area contributed by atoms with E-state index in [4.69, 9.17) is 10.00 Å². The minimum absolute atomic E-state index is 0.0622. The van der Waals surface area contributed by atoms with E-state index in [0.717, 1.165) is 45.0 Å². The van der Waals surface area contributed by atoms with Crippen molar-refractivity contribution >= 4 is 5.91 Å². The number of ether oxygens (including phenoxy) is 1. The molecule has 1 aromatic rings. The van der Waals surface area contributed by atoms with Gasteiger partial charge in [-0.2, -0.15) is 5.26 Å². The highest BCUT2D eigenvalue weighted by Crippen LogP contribution is 2.48. The number of nitriles is 1. The van der Waals surface area contributed by atoms with E-state index in [-0.39, 0.29) is 11.4 Å². The third kappa shape index (κ3) is 3.76. The summed E-state index contributed by atoms with van der Waals surface area (Å²) in [5.41, 5.74) is 1.45. The Labute approximate surface area is 180 Å². The highest BCUT2D eigenvalue weighted by Gasteiger charge is 2.56. The van der Waals surface area contributed by atoms with Crippen LogP contribution in [0.15, 0.2) is 24.3 Å². The molecule has 2 aliphatic carbocycles. The molecular formula is C25H33N3O2. The molecule has 0 N–H and O–H groups in total. The Morgan fingerprint density at radius 2 is 1.90 bits per heavy atom. The third-order valence-electron chi connectivity index (χ3n) is 7.91. The van der Waals surface area contributed by atoms with Crippen molar-refractivity contribution in [3.8, 4) is 6.07 Å². The first-order chi connectivity index (χ1) is 14.7. The molecule has 5 heteroatoms. The molecule has 0 aromatic heterocycles. The van der Waals surface area contributed by atoms with Gasteiger partial charge in [0.2, 0.25) is 0 Å². The molecule has 2 aliphatic heterocycles. The summed E-state index contributed by atoms with van der Waals surface area (Å²) in [6.45, 7) is 3.66. The number of hydrogen-bond donors (Lipinski definition) is 0. The normalized spacial score (nSPS) is 26.9. The maximum Gasteiger partial charge on any atom is 0.253 e. The van der Waals surface area contributed by atoms with E-state index in [1.807, 2.05) is 11.0 Å². The van der Waals surface area contributed by atoms with Gasteiger partial charge in [0.25, 0.3) is 5.91 Å². The molecule has 4 fully saturated rings. The van der Waals surface area contributed by atoms with Crippen molar-refractivity contribution in [1.82, 2.24) is 9.80 Å². The summed E-state index contributed by atoms with van der Waals surface area (Å²) in [6, 6.07) is 9.78. The van der Waals surface area contributed by atoms with Crippen LogP contribution in [-0.2, 0) is 4.74 Å². The Bertz CT molecular complexity index is 814. The maximum absolute atomic E-state index is 12.9. The average Bonchev–Trinajstić information content (AvgIpc) is 3.63. The first kappa shape index (κ1) is 20.0. The number of amides is 1. The molecule has 2 heterocycles. The van der Waals surface area contributed by atoms with Crippen molar-refractivity contribution in [3.05, 3.63) is 35.4 Å². The zero-order valence-electron chi connectivity index (χ0n) is 17.9. The molecule has 2 saturated carbocycles. The van der Waals surface area contributed by atoms with Gasteiger partial charge < -0.3 is 9.64 Å². The van der Waals surface area contributed by atoms with E-state index < -0.39 is 0 Å². The molecule has 2 saturated heterocycles. The fourth-order valence-electron chi connectivity index (χ4n) is 5.92. The van der Waals surface area contributed by atoms with E-state index in [0.29, 0.717) is 23.3 Å². The zero-order chi connectivity index (χ0) is 20.6. The number of likely N-dealkylation sites (tertiary alicyclic amines) is 2. The van der Waals surface area contributed by atoms with Gasteiger partial charge in [-0.15, -0.1) is 0 Å². The van der Waals surface area contributed by atoms with Gasteiger partial charge in [0, 0.05) is 43.4 Å². The quantitative estimate of drug-likeness (QED) is 0.741. The molecule has 5 nitrogen and oxygen atoms in total. The summed E-state index contributed by atoms with van der Waals surface area (Å²) in [5, 5.41) is 9.11. The molecule has 30 heavy (non-hydrogen) atoms. The molecule has 1 unspecified atom stereocenters. The summed E-state index contributed by atoms with van der Waals surface area (Å²) in [7, 11) is 0. The second kappa shape index (κ2) is 8.32. The van der Waals surface area contributed by atoms with Crippen molar-refractivity contribution in [2.45, 2.75) is 75.5 Å². The third-order valence-corrected chi connectivity index (χ3v) is 7.91. The van der Waals surface area contributed by atoms with E-state index in [1.54, 1.807) is 18.2 Å². The summed E-state index contributed by atoms with van der Waals surface area (Å²) < 4.78 is 6.42. The van der Waals surface area contributed by atoms with Crippen LogP contribution in [0.2, 0.25) is 0 Å². The first-order valence-electron chi connectivity index (χ1n) is 11.9. The van der Waals surface area contributed by atoms with Crippen LogP contribution in [0.4, 0.5) is 0 Å². The van der Waals surface area contributed by atoms with E-state index in [9.17, 15) is 4.79 Å². The molecule has 160 valence electrons.